The van der Waals surface area contributed by atoms with E-state index >= 15 is 0 Å². The van der Waals surface area contributed by atoms with Gasteiger partial charge < -0.3 is 4.90 Å². The quantitative estimate of drug-likeness (QED) is 0.697. The Bertz CT molecular complexity index is 980. The van der Waals surface area contributed by atoms with Crippen molar-refractivity contribution in [3.63, 3.8) is 0 Å². The number of hydrogen-bond acceptors (Lipinski definition) is 5. The highest BCUT2D eigenvalue weighted by Crippen LogP contribution is 2.22. The molecule has 152 valence electrons. The third-order valence-corrected chi connectivity index (χ3v) is 6.81. The van der Waals surface area contributed by atoms with Gasteiger partial charge in [0.2, 0.25) is 10.0 Å². The molecule has 3 rings (SSSR count). The summed E-state index contributed by atoms with van der Waals surface area (Å²) in [4.78, 5) is 18.8. The summed E-state index contributed by atoms with van der Waals surface area (Å²) in [5, 5.41) is 8.94. The fourth-order valence-electron chi connectivity index (χ4n) is 3.38. The van der Waals surface area contributed by atoms with Crippen molar-refractivity contribution in [2.75, 3.05) is 19.6 Å². The van der Waals surface area contributed by atoms with Crippen LogP contribution in [0.4, 0.5) is 0 Å². The molecule has 0 N–H and O–H groups in total. The first kappa shape index (κ1) is 21.0. The molecule has 1 aliphatic heterocycles. The molecule has 1 fully saturated rings. The monoisotopic (exact) mass is 412 g/mol. The van der Waals surface area contributed by atoms with Crippen molar-refractivity contribution in [3.05, 3.63) is 59.9 Å². The van der Waals surface area contributed by atoms with Gasteiger partial charge in [0.05, 0.1) is 17.4 Å². The number of aromatic nitrogens is 1. The molecule has 29 heavy (non-hydrogen) atoms. The van der Waals surface area contributed by atoms with Crippen molar-refractivity contribution in [2.45, 2.75) is 37.1 Å². The second-order valence-electron chi connectivity index (χ2n) is 6.99. The maximum absolute atomic E-state index is 13.1. The number of sulfonamides is 1. The van der Waals surface area contributed by atoms with Crippen molar-refractivity contribution in [2.24, 2.45) is 0 Å². The van der Waals surface area contributed by atoms with Crippen molar-refractivity contribution >= 4 is 15.9 Å². The lowest BCUT2D eigenvalue weighted by Gasteiger charge is -2.26. The van der Waals surface area contributed by atoms with E-state index in [0.29, 0.717) is 25.2 Å². The third kappa shape index (κ3) is 5.19. The molecule has 8 heteroatoms. The van der Waals surface area contributed by atoms with Crippen LogP contribution in [-0.4, -0.2) is 48.1 Å². The van der Waals surface area contributed by atoms with E-state index in [1.165, 1.54) is 16.4 Å². The molecule has 0 aliphatic carbocycles. The van der Waals surface area contributed by atoms with Crippen molar-refractivity contribution < 1.29 is 13.2 Å². The predicted octanol–water partition coefficient (Wildman–Crippen LogP) is 2.81. The van der Waals surface area contributed by atoms with Crippen LogP contribution in [0.5, 0.6) is 0 Å². The predicted molar refractivity (Wildman–Crippen MR) is 108 cm³/mol. The zero-order valence-corrected chi connectivity index (χ0v) is 17.0. The number of amides is 1. The third-order valence-electron chi connectivity index (χ3n) is 4.91. The average Bonchev–Trinajstić information content (AvgIpc) is 2.77. The Morgan fingerprint density at radius 1 is 1.17 bits per heavy atom. The zero-order valence-electron chi connectivity index (χ0n) is 16.2. The molecule has 2 heterocycles. The molecule has 1 aromatic heterocycles. The first-order valence-corrected chi connectivity index (χ1v) is 11.1. The van der Waals surface area contributed by atoms with Gasteiger partial charge in [-0.2, -0.15) is 9.57 Å². The topological polar surface area (TPSA) is 94.4 Å². The summed E-state index contributed by atoms with van der Waals surface area (Å²) in [6.45, 7) is 1.58. The van der Waals surface area contributed by atoms with Gasteiger partial charge in [-0.3, -0.25) is 9.78 Å². The van der Waals surface area contributed by atoms with E-state index < -0.39 is 10.0 Å². The van der Waals surface area contributed by atoms with Crippen LogP contribution in [0, 0.1) is 11.3 Å². The van der Waals surface area contributed by atoms with Gasteiger partial charge in [-0.25, -0.2) is 8.42 Å². The second kappa shape index (κ2) is 9.63. The van der Waals surface area contributed by atoms with Gasteiger partial charge in [0.15, 0.2) is 0 Å². The maximum Gasteiger partial charge on any atom is 0.254 e. The highest BCUT2D eigenvalue weighted by molar-refractivity contribution is 7.89. The number of nitriles is 1. The summed E-state index contributed by atoms with van der Waals surface area (Å²) in [5.74, 6) is -0.306. The molecule has 7 nitrogen and oxygen atoms in total. The zero-order chi connectivity index (χ0) is 20.7. The Morgan fingerprint density at radius 2 is 1.97 bits per heavy atom. The van der Waals surface area contributed by atoms with Crippen molar-refractivity contribution in [1.29, 1.82) is 5.26 Å². The minimum Gasteiger partial charge on any atom is -0.333 e. The standard InChI is InChI=1S/C21H24N4O3S/c22-10-6-12-24(17-18-7-5-11-23-16-18)21(26)19-8-4-9-20(15-19)29(27,28)25-13-2-1-3-14-25/h4-5,7-9,11,15-16H,1-3,6,12-14,17H2. The number of nitrogens with zero attached hydrogens (tertiary/aromatic N) is 4. The Kier molecular flexibility index (Phi) is 6.96. The SMILES string of the molecule is N#CCCN(Cc1cccnc1)C(=O)c1cccc(S(=O)(=O)N2CCCCC2)c1. The van der Waals surface area contributed by atoms with Crippen molar-refractivity contribution in [1.82, 2.24) is 14.2 Å². The summed E-state index contributed by atoms with van der Waals surface area (Å²) in [6.07, 6.45) is 6.25. The Morgan fingerprint density at radius 3 is 2.66 bits per heavy atom. The molecular weight excluding hydrogens is 388 g/mol. The van der Waals surface area contributed by atoms with Crippen LogP contribution < -0.4 is 0 Å². The first-order valence-electron chi connectivity index (χ1n) is 9.68. The molecule has 0 saturated carbocycles. The summed E-state index contributed by atoms with van der Waals surface area (Å²) in [5.41, 5.74) is 1.14. The molecule has 0 spiro atoms. The number of carbonyl (C=O) groups excluding carboxylic acids is 1. The Hall–Kier alpha value is -2.76. The molecule has 2 aromatic rings. The molecule has 1 aliphatic rings. The van der Waals surface area contributed by atoms with Crippen LogP contribution in [0.1, 0.15) is 41.6 Å². The second-order valence-corrected chi connectivity index (χ2v) is 8.93. The number of pyridine rings is 1. The Labute approximate surface area is 171 Å². The largest absolute Gasteiger partial charge is 0.333 e. The van der Waals surface area contributed by atoms with Crippen LogP contribution in [0.2, 0.25) is 0 Å². The van der Waals surface area contributed by atoms with E-state index in [9.17, 15) is 13.2 Å². The van der Waals surface area contributed by atoms with E-state index in [-0.39, 0.29) is 23.8 Å². The van der Waals surface area contributed by atoms with E-state index in [4.69, 9.17) is 5.26 Å². The fraction of sp³-hybridized carbons (Fsp3) is 0.381. The smallest absolute Gasteiger partial charge is 0.254 e. The minimum absolute atomic E-state index is 0.131. The highest BCUT2D eigenvalue weighted by Gasteiger charge is 2.27. The first-order chi connectivity index (χ1) is 14.0. The maximum atomic E-state index is 13.1. The lowest BCUT2D eigenvalue weighted by molar-refractivity contribution is 0.0746. The number of rotatable bonds is 7. The van der Waals surface area contributed by atoms with Crippen molar-refractivity contribution in [3.8, 4) is 6.07 Å². The fourth-order valence-corrected chi connectivity index (χ4v) is 4.94. The summed E-state index contributed by atoms with van der Waals surface area (Å²) in [7, 11) is -3.62. The normalized spacial score (nSPS) is 14.9. The highest BCUT2D eigenvalue weighted by atomic mass is 32.2. The minimum atomic E-state index is -3.62. The molecule has 0 unspecified atom stereocenters. The average molecular weight is 413 g/mol. The molecule has 1 aromatic carbocycles. The van der Waals surface area contributed by atoms with E-state index in [2.05, 4.69) is 11.1 Å². The number of carbonyl (C=O) groups is 1. The molecule has 0 radical (unpaired) electrons. The summed E-state index contributed by atoms with van der Waals surface area (Å²) >= 11 is 0. The van der Waals surface area contributed by atoms with Crippen LogP contribution in [0.25, 0.3) is 0 Å². The molecule has 0 atom stereocenters. The van der Waals surface area contributed by atoms with Gasteiger partial charge in [-0.1, -0.05) is 18.6 Å². The van der Waals surface area contributed by atoms with Gasteiger partial charge >= 0.3 is 0 Å². The lowest BCUT2D eigenvalue weighted by atomic mass is 10.1. The number of hydrogen-bond donors (Lipinski definition) is 0. The lowest BCUT2D eigenvalue weighted by Crippen LogP contribution is -2.36. The van der Waals surface area contributed by atoms with Gasteiger partial charge in [-0.05, 0) is 42.7 Å². The van der Waals surface area contributed by atoms with Gasteiger partial charge in [0.1, 0.15) is 0 Å². The number of piperidine rings is 1. The van der Waals surface area contributed by atoms with Gasteiger partial charge in [-0.15, -0.1) is 0 Å². The molecule has 1 amide bonds. The summed E-state index contributed by atoms with van der Waals surface area (Å²) in [6, 6.07) is 11.9. The molecular formula is C21H24N4O3S. The van der Waals surface area contributed by atoms with E-state index in [0.717, 1.165) is 24.8 Å². The Balaban J connectivity index is 1.84. The van der Waals surface area contributed by atoms with Gasteiger partial charge in [0.25, 0.3) is 5.91 Å². The molecule has 1 saturated heterocycles. The van der Waals surface area contributed by atoms with Crippen LogP contribution >= 0.6 is 0 Å². The van der Waals surface area contributed by atoms with Crippen LogP contribution in [-0.2, 0) is 16.6 Å². The number of benzene rings is 1. The van der Waals surface area contributed by atoms with Crippen LogP contribution in [0.15, 0.2) is 53.7 Å². The van der Waals surface area contributed by atoms with Crippen LogP contribution in [0.3, 0.4) is 0 Å². The van der Waals surface area contributed by atoms with E-state index in [1.807, 2.05) is 6.07 Å². The van der Waals surface area contributed by atoms with Gasteiger partial charge in [0, 0.05) is 44.1 Å². The summed E-state index contributed by atoms with van der Waals surface area (Å²) < 4.78 is 27.4. The molecule has 0 bridgehead atoms. The van der Waals surface area contributed by atoms with E-state index in [1.54, 1.807) is 35.5 Å².